The fraction of sp³-hybridized carbons (Fsp3) is 0.625. The first-order valence-corrected chi connectivity index (χ1v) is 19.2. The van der Waals surface area contributed by atoms with Gasteiger partial charge in [-0.25, -0.2) is 14.6 Å². The number of aromatic nitrogens is 1. The van der Waals surface area contributed by atoms with Crippen molar-refractivity contribution in [2.75, 3.05) is 26.7 Å². The molecule has 4 rings (SSSR count). The molecular formula is C40H61N7O6. The van der Waals surface area contributed by atoms with Crippen LogP contribution in [0, 0.1) is 24.2 Å². The van der Waals surface area contributed by atoms with Gasteiger partial charge in [0.1, 0.15) is 0 Å². The molecule has 1 aromatic carbocycles. The van der Waals surface area contributed by atoms with Crippen LogP contribution in [0.25, 0.3) is 0 Å². The van der Waals surface area contributed by atoms with E-state index in [0.717, 1.165) is 55.5 Å². The molecule has 1 saturated carbocycles. The summed E-state index contributed by atoms with van der Waals surface area (Å²) in [5, 5.41) is 22.8. The predicted octanol–water partition coefficient (Wildman–Crippen LogP) is 4.47. The number of urea groups is 1. The summed E-state index contributed by atoms with van der Waals surface area (Å²) < 4.78 is 4.69. The lowest BCUT2D eigenvalue weighted by Gasteiger charge is -2.39. The van der Waals surface area contributed by atoms with Gasteiger partial charge in [0, 0.05) is 37.8 Å². The van der Waals surface area contributed by atoms with Crippen LogP contribution in [0.15, 0.2) is 48.5 Å². The molecule has 5 N–H and O–H groups in total. The Morgan fingerprint density at radius 1 is 1.09 bits per heavy atom. The van der Waals surface area contributed by atoms with Gasteiger partial charge in [-0.05, 0) is 55.2 Å². The van der Waals surface area contributed by atoms with Crippen molar-refractivity contribution in [1.82, 2.24) is 36.3 Å². The summed E-state index contributed by atoms with van der Waals surface area (Å²) in [4.78, 5) is 59.2. The third kappa shape index (κ3) is 12.4. The van der Waals surface area contributed by atoms with Crippen molar-refractivity contribution < 1.29 is 29.0 Å². The van der Waals surface area contributed by atoms with Crippen molar-refractivity contribution in [3.8, 4) is 0 Å². The molecule has 5 atom stereocenters. The van der Waals surface area contributed by atoms with Crippen LogP contribution in [0.5, 0.6) is 0 Å². The minimum Gasteiger partial charge on any atom is -0.453 e. The van der Waals surface area contributed by atoms with Gasteiger partial charge in [0.15, 0.2) is 0 Å². The van der Waals surface area contributed by atoms with Crippen LogP contribution in [0.4, 0.5) is 9.59 Å². The molecular weight excluding hydrogens is 674 g/mol. The SMILES string of the molecule is CCC(C)C(C(=O)NC(Cc1ccccc1)C(O)CN(NC(=O)CC(C)(C)CNC(=O)OC)C1CCCCC1)C1CNC(=O)N1Cc1cccc(C)n1. The lowest BCUT2D eigenvalue weighted by molar-refractivity contribution is -0.133. The number of amides is 5. The minimum atomic E-state index is -1.04. The lowest BCUT2D eigenvalue weighted by Crippen LogP contribution is -2.58. The Morgan fingerprint density at radius 2 is 1.81 bits per heavy atom. The number of alkyl carbamates (subject to hydrolysis) is 1. The van der Waals surface area contributed by atoms with Gasteiger partial charge in [0.05, 0.1) is 43.5 Å². The fourth-order valence-electron chi connectivity index (χ4n) is 7.51. The topological polar surface area (TPSA) is 165 Å². The van der Waals surface area contributed by atoms with Crippen molar-refractivity contribution >= 4 is 23.9 Å². The monoisotopic (exact) mass is 735 g/mol. The number of hydrogen-bond acceptors (Lipinski definition) is 8. The summed E-state index contributed by atoms with van der Waals surface area (Å²) in [6, 6.07) is 14.1. The van der Waals surface area contributed by atoms with Crippen molar-refractivity contribution in [1.29, 1.82) is 0 Å². The van der Waals surface area contributed by atoms with Crippen LogP contribution in [-0.4, -0.2) is 94.9 Å². The first-order chi connectivity index (χ1) is 25.3. The number of hydrogen-bond donors (Lipinski definition) is 5. The Labute approximate surface area is 315 Å². The van der Waals surface area contributed by atoms with E-state index in [1.54, 1.807) is 4.90 Å². The Balaban J connectivity index is 1.56. The second kappa shape index (κ2) is 19.7. The number of nitrogens with zero attached hydrogens (tertiary/aromatic N) is 3. The summed E-state index contributed by atoms with van der Waals surface area (Å²) in [6.07, 6.45) is 4.54. The number of aliphatic hydroxyl groups is 1. The zero-order chi connectivity index (χ0) is 38.5. The molecule has 0 radical (unpaired) electrons. The smallest absolute Gasteiger partial charge is 0.406 e. The van der Waals surface area contributed by atoms with E-state index in [9.17, 15) is 24.3 Å². The van der Waals surface area contributed by atoms with Gasteiger partial charge >= 0.3 is 12.1 Å². The first-order valence-electron chi connectivity index (χ1n) is 19.2. The van der Waals surface area contributed by atoms with Crippen LogP contribution >= 0.6 is 0 Å². The molecule has 1 aliphatic heterocycles. The number of ether oxygens (including phenoxy) is 1. The molecule has 5 unspecified atom stereocenters. The minimum absolute atomic E-state index is 0.0268. The number of carbonyl (C=O) groups excluding carboxylic acids is 4. The summed E-state index contributed by atoms with van der Waals surface area (Å²) in [5.74, 6) is -1.06. The van der Waals surface area contributed by atoms with Gasteiger partial charge in [-0.2, -0.15) is 0 Å². The van der Waals surface area contributed by atoms with Gasteiger partial charge in [0.25, 0.3) is 0 Å². The zero-order valence-electron chi connectivity index (χ0n) is 32.4. The van der Waals surface area contributed by atoms with E-state index in [-0.39, 0.29) is 55.9 Å². The van der Waals surface area contributed by atoms with E-state index in [4.69, 9.17) is 4.74 Å². The molecule has 1 saturated heterocycles. The van der Waals surface area contributed by atoms with E-state index >= 15 is 0 Å². The van der Waals surface area contributed by atoms with E-state index in [0.29, 0.717) is 13.0 Å². The van der Waals surface area contributed by atoms with Crippen LogP contribution in [0.3, 0.4) is 0 Å². The summed E-state index contributed by atoms with van der Waals surface area (Å²) >= 11 is 0. The Morgan fingerprint density at radius 3 is 2.47 bits per heavy atom. The van der Waals surface area contributed by atoms with Crippen molar-refractivity contribution in [3.05, 3.63) is 65.5 Å². The highest BCUT2D eigenvalue weighted by molar-refractivity contribution is 5.83. The highest BCUT2D eigenvalue weighted by atomic mass is 16.5. The number of aryl methyl sites for hydroxylation is 1. The highest BCUT2D eigenvalue weighted by Gasteiger charge is 2.43. The van der Waals surface area contributed by atoms with Crippen LogP contribution < -0.4 is 21.4 Å². The normalized spacial score (nSPS) is 18.8. The van der Waals surface area contributed by atoms with Gasteiger partial charge in [-0.1, -0.05) is 89.8 Å². The van der Waals surface area contributed by atoms with Crippen molar-refractivity contribution in [3.63, 3.8) is 0 Å². The van der Waals surface area contributed by atoms with E-state index in [1.807, 2.05) is 88.2 Å². The average Bonchev–Trinajstić information content (AvgIpc) is 3.48. The van der Waals surface area contributed by atoms with E-state index in [1.165, 1.54) is 7.11 Å². The van der Waals surface area contributed by atoms with E-state index in [2.05, 4.69) is 26.4 Å². The quantitative estimate of drug-likeness (QED) is 0.140. The molecule has 53 heavy (non-hydrogen) atoms. The first kappa shape index (κ1) is 41.5. The third-order valence-corrected chi connectivity index (χ3v) is 10.7. The van der Waals surface area contributed by atoms with Crippen LogP contribution in [-0.2, 0) is 27.3 Å². The number of benzene rings is 1. The van der Waals surface area contributed by atoms with Crippen LogP contribution in [0.1, 0.15) is 89.6 Å². The predicted molar refractivity (Wildman–Crippen MR) is 203 cm³/mol. The standard InChI is InChI=1S/C40H61N7O6/c1-7-27(2)36(33-23-41-38(51)46(33)24-30-18-14-15-28(3)43-30)37(50)44-32(21-29-16-10-8-11-17-29)34(48)25-47(31-19-12-9-13-20-31)45-35(49)22-40(4,5)26-42-39(52)53-6/h8,10-11,14-18,27,31-34,36,48H,7,9,12-13,19-26H2,1-6H3,(H,41,51)(H,42,52)(H,44,50)(H,45,49). The number of methoxy groups -OCH3 is 1. The van der Waals surface area contributed by atoms with Gasteiger partial charge < -0.3 is 30.7 Å². The molecule has 2 heterocycles. The van der Waals surface area contributed by atoms with Crippen molar-refractivity contribution in [2.24, 2.45) is 17.3 Å². The molecule has 13 nitrogen and oxygen atoms in total. The second-order valence-corrected chi connectivity index (χ2v) is 15.6. The van der Waals surface area contributed by atoms with Crippen LogP contribution in [0.2, 0.25) is 0 Å². The Hall–Kier alpha value is -4.23. The van der Waals surface area contributed by atoms with E-state index < -0.39 is 35.6 Å². The number of rotatable bonds is 18. The van der Waals surface area contributed by atoms with Crippen molar-refractivity contribution in [2.45, 2.75) is 117 Å². The number of pyridine rings is 1. The maximum Gasteiger partial charge on any atom is 0.406 e. The molecule has 2 aromatic rings. The third-order valence-electron chi connectivity index (χ3n) is 10.7. The maximum atomic E-state index is 14.5. The molecule has 2 aliphatic rings. The highest BCUT2D eigenvalue weighted by Crippen LogP contribution is 2.28. The van der Waals surface area contributed by atoms with Gasteiger partial charge in [-0.3, -0.25) is 20.0 Å². The number of carbonyl (C=O) groups is 4. The summed E-state index contributed by atoms with van der Waals surface area (Å²) in [7, 11) is 1.30. The largest absolute Gasteiger partial charge is 0.453 e. The lowest BCUT2D eigenvalue weighted by atomic mass is 9.83. The molecule has 1 aromatic heterocycles. The van der Waals surface area contributed by atoms with Gasteiger partial charge in [-0.15, -0.1) is 0 Å². The van der Waals surface area contributed by atoms with Gasteiger partial charge in [0.2, 0.25) is 11.8 Å². The molecule has 0 bridgehead atoms. The zero-order valence-corrected chi connectivity index (χ0v) is 32.4. The maximum absolute atomic E-state index is 14.5. The molecule has 1 aliphatic carbocycles. The fourth-order valence-corrected chi connectivity index (χ4v) is 7.51. The Kier molecular flexibility index (Phi) is 15.5. The number of nitrogens with one attached hydrogen (secondary N) is 4. The molecule has 292 valence electrons. The second-order valence-electron chi connectivity index (χ2n) is 15.6. The Bertz CT molecular complexity index is 1500. The number of hydrazine groups is 1. The summed E-state index contributed by atoms with van der Waals surface area (Å²) in [6.45, 7) is 10.7. The summed E-state index contributed by atoms with van der Waals surface area (Å²) in [5.41, 5.74) is 5.10. The molecule has 13 heteroatoms. The number of aliphatic hydroxyl groups excluding tert-OH is 1. The molecule has 5 amide bonds. The average molecular weight is 736 g/mol. The molecule has 0 spiro atoms. The molecule has 2 fully saturated rings.